The number of carbonyl (C=O) groups is 1. The fourth-order valence-electron chi connectivity index (χ4n) is 1.25. The number of likely N-dealkylation sites (N-methyl/N-ethyl adjacent to an activating group) is 1. The fraction of sp³-hybridized carbons (Fsp3) is 0.600. The number of aromatic nitrogens is 1. The molecule has 1 aromatic rings. The summed E-state index contributed by atoms with van der Waals surface area (Å²) in [5, 5.41) is 1.02. The molecule has 1 rings (SSSR count). The molecule has 1 amide bonds. The van der Waals surface area contributed by atoms with Gasteiger partial charge in [-0.05, 0) is 13.3 Å². The molecule has 4 nitrogen and oxygen atoms in total. The number of hydrogen-bond donors (Lipinski definition) is 1. The molecule has 0 aliphatic heterocycles. The highest BCUT2D eigenvalue weighted by molar-refractivity contribution is 7.11. The third-order valence-electron chi connectivity index (χ3n) is 2.20. The molecule has 1 atom stereocenters. The van der Waals surface area contributed by atoms with E-state index in [4.69, 9.17) is 5.73 Å². The standard InChI is InChI=1S/C10H17N3OS.2ClH/c1-4-9(11)10(14)13(3)6-8-5-12-7(2)15-8;;/h5,9H,4,6,11H2,1-3H3;2*1H/t9-;;/m0../s1. The molecule has 1 aromatic heterocycles. The van der Waals surface area contributed by atoms with Crippen molar-refractivity contribution in [1.82, 2.24) is 9.88 Å². The minimum absolute atomic E-state index is 0. The van der Waals surface area contributed by atoms with E-state index in [0.717, 1.165) is 9.88 Å². The Morgan fingerprint density at radius 1 is 1.59 bits per heavy atom. The highest BCUT2D eigenvalue weighted by Gasteiger charge is 2.16. The van der Waals surface area contributed by atoms with Crippen molar-refractivity contribution in [2.45, 2.75) is 32.9 Å². The maximum absolute atomic E-state index is 11.7. The molecule has 0 bridgehead atoms. The van der Waals surface area contributed by atoms with Crippen molar-refractivity contribution in [2.24, 2.45) is 5.73 Å². The molecule has 1 heterocycles. The summed E-state index contributed by atoms with van der Waals surface area (Å²) in [5.41, 5.74) is 5.67. The van der Waals surface area contributed by atoms with Crippen LogP contribution in [0.2, 0.25) is 0 Å². The van der Waals surface area contributed by atoms with Crippen LogP contribution in [0.5, 0.6) is 0 Å². The number of carbonyl (C=O) groups excluding carboxylic acids is 1. The van der Waals surface area contributed by atoms with Gasteiger partial charge in [0.15, 0.2) is 0 Å². The Balaban J connectivity index is 0. The van der Waals surface area contributed by atoms with Gasteiger partial charge in [0.05, 0.1) is 17.6 Å². The fourth-order valence-corrected chi connectivity index (χ4v) is 2.10. The van der Waals surface area contributed by atoms with E-state index in [1.807, 2.05) is 13.8 Å². The molecule has 0 spiro atoms. The van der Waals surface area contributed by atoms with Gasteiger partial charge in [-0.25, -0.2) is 4.98 Å². The quantitative estimate of drug-likeness (QED) is 0.925. The number of aryl methyl sites for hydroxylation is 1. The van der Waals surface area contributed by atoms with Gasteiger partial charge < -0.3 is 10.6 Å². The van der Waals surface area contributed by atoms with Crippen molar-refractivity contribution < 1.29 is 4.79 Å². The first-order valence-corrected chi connectivity index (χ1v) is 5.78. The average Bonchev–Trinajstić information content (AvgIpc) is 2.61. The zero-order valence-electron chi connectivity index (χ0n) is 10.2. The third kappa shape index (κ3) is 5.68. The minimum Gasteiger partial charge on any atom is -0.339 e. The smallest absolute Gasteiger partial charge is 0.239 e. The minimum atomic E-state index is -0.385. The molecule has 0 aliphatic carbocycles. The van der Waals surface area contributed by atoms with Gasteiger partial charge in [0.1, 0.15) is 0 Å². The van der Waals surface area contributed by atoms with Crippen molar-refractivity contribution in [3.05, 3.63) is 16.1 Å². The van der Waals surface area contributed by atoms with Gasteiger partial charge in [0, 0.05) is 18.1 Å². The predicted octanol–water partition coefficient (Wildman–Crippen LogP) is 1.99. The molecule has 7 heteroatoms. The molecular weight excluding hydrogens is 281 g/mol. The lowest BCUT2D eigenvalue weighted by Crippen LogP contribution is -2.40. The third-order valence-corrected chi connectivity index (χ3v) is 3.09. The van der Waals surface area contributed by atoms with E-state index in [0.29, 0.717) is 13.0 Å². The van der Waals surface area contributed by atoms with Crippen molar-refractivity contribution >= 4 is 42.1 Å². The van der Waals surface area contributed by atoms with Crippen LogP contribution in [0.1, 0.15) is 23.2 Å². The van der Waals surface area contributed by atoms with Gasteiger partial charge in [-0.3, -0.25) is 4.79 Å². The Bertz CT molecular complexity index is 346. The van der Waals surface area contributed by atoms with E-state index in [1.165, 1.54) is 0 Å². The topological polar surface area (TPSA) is 59.2 Å². The first-order chi connectivity index (χ1) is 7.04. The van der Waals surface area contributed by atoms with E-state index in [2.05, 4.69) is 4.98 Å². The summed E-state index contributed by atoms with van der Waals surface area (Å²) in [6, 6.07) is -0.385. The lowest BCUT2D eigenvalue weighted by molar-refractivity contribution is -0.131. The van der Waals surface area contributed by atoms with Crippen LogP contribution in [0.3, 0.4) is 0 Å². The SMILES string of the molecule is CC[C@H](N)C(=O)N(C)Cc1cnc(C)s1.Cl.Cl. The molecule has 0 unspecified atom stereocenters. The summed E-state index contributed by atoms with van der Waals surface area (Å²) in [7, 11) is 1.77. The van der Waals surface area contributed by atoms with Crippen LogP contribution in [-0.2, 0) is 11.3 Å². The average molecular weight is 300 g/mol. The van der Waals surface area contributed by atoms with Crippen LogP contribution >= 0.6 is 36.2 Å². The molecule has 2 N–H and O–H groups in total. The van der Waals surface area contributed by atoms with Gasteiger partial charge in [-0.1, -0.05) is 6.92 Å². The first-order valence-electron chi connectivity index (χ1n) is 4.96. The number of halogens is 2. The highest BCUT2D eigenvalue weighted by atomic mass is 35.5. The molecule has 0 saturated heterocycles. The first kappa shape index (κ1) is 19.0. The summed E-state index contributed by atoms with van der Waals surface area (Å²) >= 11 is 1.61. The van der Waals surface area contributed by atoms with E-state index in [9.17, 15) is 4.79 Å². The Labute approximate surface area is 118 Å². The number of thiazole rings is 1. The molecular formula is C10H19Cl2N3OS. The van der Waals surface area contributed by atoms with Crippen LogP contribution in [0, 0.1) is 6.92 Å². The van der Waals surface area contributed by atoms with Crippen LogP contribution in [0.25, 0.3) is 0 Å². The maximum atomic E-state index is 11.7. The van der Waals surface area contributed by atoms with Crippen LogP contribution < -0.4 is 5.73 Å². The Hall–Kier alpha value is -0.360. The largest absolute Gasteiger partial charge is 0.339 e. The Morgan fingerprint density at radius 3 is 2.59 bits per heavy atom. The van der Waals surface area contributed by atoms with Crippen LogP contribution in [-0.4, -0.2) is 28.9 Å². The van der Waals surface area contributed by atoms with Gasteiger partial charge in [0.2, 0.25) is 5.91 Å². The molecule has 0 saturated carbocycles. The van der Waals surface area contributed by atoms with Crippen LogP contribution in [0.4, 0.5) is 0 Å². The zero-order valence-corrected chi connectivity index (χ0v) is 12.6. The predicted molar refractivity (Wildman–Crippen MR) is 76.1 cm³/mol. The molecule has 0 aliphatic rings. The van der Waals surface area contributed by atoms with Crippen molar-refractivity contribution in [1.29, 1.82) is 0 Å². The second-order valence-electron chi connectivity index (χ2n) is 3.55. The van der Waals surface area contributed by atoms with Gasteiger partial charge in [-0.2, -0.15) is 0 Å². The maximum Gasteiger partial charge on any atom is 0.239 e. The summed E-state index contributed by atoms with van der Waals surface area (Å²) in [4.78, 5) is 18.6. The summed E-state index contributed by atoms with van der Waals surface area (Å²) in [6.45, 7) is 4.46. The van der Waals surface area contributed by atoms with Crippen molar-refractivity contribution in [3.8, 4) is 0 Å². The molecule has 100 valence electrons. The number of nitrogens with two attached hydrogens (primary N) is 1. The lowest BCUT2D eigenvalue weighted by Gasteiger charge is -2.19. The number of hydrogen-bond acceptors (Lipinski definition) is 4. The number of rotatable bonds is 4. The molecule has 0 radical (unpaired) electrons. The van der Waals surface area contributed by atoms with E-state index in [1.54, 1.807) is 29.5 Å². The Kier molecular flexibility index (Phi) is 9.71. The second-order valence-corrected chi connectivity index (χ2v) is 4.87. The van der Waals surface area contributed by atoms with Crippen LogP contribution in [0.15, 0.2) is 6.20 Å². The van der Waals surface area contributed by atoms with Crippen molar-refractivity contribution in [2.75, 3.05) is 7.05 Å². The van der Waals surface area contributed by atoms with Crippen molar-refractivity contribution in [3.63, 3.8) is 0 Å². The number of amides is 1. The van der Waals surface area contributed by atoms with E-state index < -0.39 is 0 Å². The van der Waals surface area contributed by atoms with E-state index in [-0.39, 0.29) is 36.8 Å². The molecule has 0 fully saturated rings. The summed E-state index contributed by atoms with van der Waals surface area (Å²) < 4.78 is 0. The summed E-state index contributed by atoms with van der Waals surface area (Å²) in [5.74, 6) is -0.0106. The lowest BCUT2D eigenvalue weighted by atomic mass is 10.2. The Morgan fingerprint density at radius 2 is 2.18 bits per heavy atom. The zero-order chi connectivity index (χ0) is 11.4. The van der Waals surface area contributed by atoms with Gasteiger partial charge in [-0.15, -0.1) is 36.2 Å². The van der Waals surface area contributed by atoms with Gasteiger partial charge in [0.25, 0.3) is 0 Å². The van der Waals surface area contributed by atoms with E-state index >= 15 is 0 Å². The second kappa shape index (κ2) is 8.69. The monoisotopic (exact) mass is 299 g/mol. The normalized spacial score (nSPS) is 11.1. The highest BCUT2D eigenvalue weighted by Crippen LogP contribution is 2.13. The van der Waals surface area contributed by atoms with Gasteiger partial charge >= 0.3 is 0 Å². The number of nitrogens with zero attached hydrogens (tertiary/aromatic N) is 2. The molecule has 0 aromatic carbocycles. The summed E-state index contributed by atoms with van der Waals surface area (Å²) in [6.07, 6.45) is 2.48. The molecule has 17 heavy (non-hydrogen) atoms.